The van der Waals surface area contributed by atoms with Crippen LogP contribution in [0.1, 0.15) is 11.3 Å². The summed E-state index contributed by atoms with van der Waals surface area (Å²) in [5.41, 5.74) is 2.20. The molecule has 106 valence electrons. The van der Waals surface area contributed by atoms with Crippen molar-refractivity contribution in [1.29, 1.82) is 0 Å². The van der Waals surface area contributed by atoms with Crippen molar-refractivity contribution >= 4 is 10.8 Å². The van der Waals surface area contributed by atoms with Crippen molar-refractivity contribution in [2.75, 3.05) is 7.05 Å². The molecule has 0 aliphatic rings. The van der Waals surface area contributed by atoms with Crippen molar-refractivity contribution in [3.8, 4) is 5.75 Å². The summed E-state index contributed by atoms with van der Waals surface area (Å²) in [7, 11) is 2.07. The van der Waals surface area contributed by atoms with Gasteiger partial charge in [-0.25, -0.2) is 0 Å². The molecule has 4 nitrogen and oxygen atoms in total. The van der Waals surface area contributed by atoms with Crippen LogP contribution in [0.15, 0.2) is 55.0 Å². The van der Waals surface area contributed by atoms with Crippen molar-refractivity contribution in [2.45, 2.75) is 13.1 Å². The summed E-state index contributed by atoms with van der Waals surface area (Å²) in [6.45, 7) is 1.61. The SMILES string of the molecule is CN(Cc1ccc2cc(O)ccc2c1)Cc1cnccn1. The van der Waals surface area contributed by atoms with Crippen LogP contribution in [0.3, 0.4) is 0 Å². The van der Waals surface area contributed by atoms with Crippen molar-refractivity contribution < 1.29 is 5.11 Å². The number of aromatic hydroxyl groups is 1. The molecule has 1 heterocycles. The van der Waals surface area contributed by atoms with Gasteiger partial charge in [-0.3, -0.25) is 14.9 Å². The van der Waals surface area contributed by atoms with Gasteiger partial charge >= 0.3 is 0 Å². The van der Waals surface area contributed by atoms with Gasteiger partial charge in [0.1, 0.15) is 5.75 Å². The highest BCUT2D eigenvalue weighted by molar-refractivity contribution is 5.84. The normalized spacial score (nSPS) is 11.1. The minimum Gasteiger partial charge on any atom is -0.508 e. The van der Waals surface area contributed by atoms with Crippen molar-refractivity contribution in [1.82, 2.24) is 14.9 Å². The predicted octanol–water partition coefficient (Wildman–Crippen LogP) is 2.97. The highest BCUT2D eigenvalue weighted by Gasteiger charge is 2.04. The van der Waals surface area contributed by atoms with Gasteiger partial charge in [-0.1, -0.05) is 18.2 Å². The third-order valence-corrected chi connectivity index (χ3v) is 3.39. The first-order chi connectivity index (χ1) is 10.2. The zero-order chi connectivity index (χ0) is 14.7. The summed E-state index contributed by atoms with van der Waals surface area (Å²) in [6.07, 6.45) is 5.19. The molecule has 0 bridgehead atoms. The average Bonchev–Trinajstić information content (AvgIpc) is 2.48. The number of benzene rings is 2. The lowest BCUT2D eigenvalue weighted by molar-refractivity contribution is 0.315. The highest BCUT2D eigenvalue weighted by Crippen LogP contribution is 2.21. The summed E-state index contributed by atoms with van der Waals surface area (Å²) in [4.78, 5) is 10.6. The molecule has 0 saturated carbocycles. The Hall–Kier alpha value is -2.46. The first kappa shape index (κ1) is 13.5. The summed E-state index contributed by atoms with van der Waals surface area (Å²) < 4.78 is 0. The van der Waals surface area contributed by atoms with Crippen molar-refractivity contribution in [2.24, 2.45) is 0 Å². The van der Waals surface area contributed by atoms with Gasteiger partial charge in [-0.15, -0.1) is 0 Å². The molecule has 0 fully saturated rings. The molecule has 3 rings (SSSR count). The maximum Gasteiger partial charge on any atom is 0.116 e. The number of hydrogen-bond donors (Lipinski definition) is 1. The standard InChI is InChI=1S/C17H17N3O/c1-20(12-16-10-18-6-7-19-16)11-13-2-3-15-9-17(21)5-4-14(15)8-13/h2-10,21H,11-12H2,1H3. The van der Waals surface area contributed by atoms with E-state index in [2.05, 4.69) is 34.0 Å². The second-order valence-electron chi connectivity index (χ2n) is 5.23. The molecule has 0 saturated heterocycles. The molecule has 0 atom stereocenters. The summed E-state index contributed by atoms with van der Waals surface area (Å²) in [6, 6.07) is 11.7. The highest BCUT2D eigenvalue weighted by atomic mass is 16.3. The fraction of sp³-hybridized carbons (Fsp3) is 0.176. The monoisotopic (exact) mass is 279 g/mol. The summed E-state index contributed by atoms with van der Waals surface area (Å²) in [5.74, 6) is 0.301. The number of phenols is 1. The van der Waals surface area contributed by atoms with E-state index in [1.54, 1.807) is 30.7 Å². The Morgan fingerprint density at radius 2 is 1.81 bits per heavy atom. The van der Waals surface area contributed by atoms with Crippen LogP contribution in [0.4, 0.5) is 0 Å². The molecule has 21 heavy (non-hydrogen) atoms. The van der Waals surface area contributed by atoms with Gasteiger partial charge in [0.25, 0.3) is 0 Å². The van der Waals surface area contributed by atoms with E-state index in [1.807, 2.05) is 12.1 Å². The molecular weight excluding hydrogens is 262 g/mol. The fourth-order valence-corrected chi connectivity index (χ4v) is 2.44. The minimum atomic E-state index is 0.301. The second-order valence-corrected chi connectivity index (χ2v) is 5.23. The van der Waals surface area contributed by atoms with Gasteiger partial charge in [0.2, 0.25) is 0 Å². The Morgan fingerprint density at radius 3 is 2.62 bits per heavy atom. The number of nitrogens with zero attached hydrogens (tertiary/aromatic N) is 3. The van der Waals surface area contributed by atoms with Crippen LogP contribution in [-0.4, -0.2) is 27.0 Å². The molecule has 2 aromatic carbocycles. The largest absolute Gasteiger partial charge is 0.508 e. The first-order valence-electron chi connectivity index (χ1n) is 6.86. The average molecular weight is 279 g/mol. The maximum absolute atomic E-state index is 9.49. The Labute approximate surface area is 123 Å². The lowest BCUT2D eigenvalue weighted by Gasteiger charge is -2.16. The minimum absolute atomic E-state index is 0.301. The molecule has 0 spiro atoms. The molecule has 1 aromatic heterocycles. The third-order valence-electron chi connectivity index (χ3n) is 3.39. The van der Waals surface area contributed by atoms with Crippen LogP contribution in [-0.2, 0) is 13.1 Å². The Balaban J connectivity index is 1.74. The van der Waals surface area contributed by atoms with Gasteiger partial charge in [0.15, 0.2) is 0 Å². The summed E-state index contributed by atoms with van der Waals surface area (Å²) >= 11 is 0. The Bertz CT molecular complexity index is 743. The van der Waals surface area contributed by atoms with Crippen LogP contribution < -0.4 is 0 Å². The molecule has 0 amide bonds. The summed E-state index contributed by atoms with van der Waals surface area (Å²) in [5, 5.41) is 11.7. The zero-order valence-electron chi connectivity index (χ0n) is 11.9. The van der Waals surface area contributed by atoms with E-state index in [4.69, 9.17) is 0 Å². The van der Waals surface area contributed by atoms with E-state index in [1.165, 1.54) is 5.56 Å². The number of aromatic nitrogens is 2. The van der Waals surface area contributed by atoms with E-state index < -0.39 is 0 Å². The molecule has 0 unspecified atom stereocenters. The van der Waals surface area contributed by atoms with Gasteiger partial charge in [-0.05, 0) is 41.6 Å². The smallest absolute Gasteiger partial charge is 0.116 e. The van der Waals surface area contributed by atoms with Crippen LogP contribution in [0, 0.1) is 0 Å². The van der Waals surface area contributed by atoms with Gasteiger partial charge in [0.05, 0.1) is 5.69 Å². The van der Waals surface area contributed by atoms with E-state index in [-0.39, 0.29) is 0 Å². The van der Waals surface area contributed by atoms with E-state index in [0.717, 1.165) is 29.6 Å². The van der Waals surface area contributed by atoms with Gasteiger partial charge in [0, 0.05) is 31.7 Å². The van der Waals surface area contributed by atoms with E-state index >= 15 is 0 Å². The van der Waals surface area contributed by atoms with Crippen LogP contribution in [0.25, 0.3) is 10.8 Å². The van der Waals surface area contributed by atoms with Crippen molar-refractivity contribution in [3.63, 3.8) is 0 Å². The van der Waals surface area contributed by atoms with E-state index in [9.17, 15) is 5.11 Å². The lowest BCUT2D eigenvalue weighted by atomic mass is 10.1. The second kappa shape index (κ2) is 5.89. The fourth-order valence-electron chi connectivity index (χ4n) is 2.44. The van der Waals surface area contributed by atoms with Gasteiger partial charge < -0.3 is 5.11 Å². The zero-order valence-corrected chi connectivity index (χ0v) is 11.9. The molecule has 3 aromatic rings. The van der Waals surface area contributed by atoms with Crippen LogP contribution >= 0.6 is 0 Å². The first-order valence-corrected chi connectivity index (χ1v) is 6.86. The molecular formula is C17H17N3O. The molecule has 0 aliphatic carbocycles. The van der Waals surface area contributed by atoms with Crippen LogP contribution in [0.2, 0.25) is 0 Å². The number of rotatable bonds is 4. The number of fused-ring (bicyclic) bond motifs is 1. The lowest BCUT2D eigenvalue weighted by Crippen LogP contribution is -2.18. The van der Waals surface area contributed by atoms with Crippen LogP contribution in [0.5, 0.6) is 5.75 Å². The molecule has 0 radical (unpaired) electrons. The van der Waals surface area contributed by atoms with E-state index in [0.29, 0.717) is 5.75 Å². The Kier molecular flexibility index (Phi) is 3.79. The quantitative estimate of drug-likeness (QED) is 0.797. The maximum atomic E-state index is 9.49. The van der Waals surface area contributed by atoms with Crippen molar-refractivity contribution in [3.05, 3.63) is 66.2 Å². The third kappa shape index (κ3) is 3.35. The molecule has 1 N–H and O–H groups in total. The molecule has 0 aliphatic heterocycles. The van der Waals surface area contributed by atoms with Gasteiger partial charge in [-0.2, -0.15) is 0 Å². The Morgan fingerprint density at radius 1 is 1.00 bits per heavy atom. The number of hydrogen-bond acceptors (Lipinski definition) is 4. The number of phenolic OH excluding ortho intramolecular Hbond substituents is 1. The molecule has 4 heteroatoms. The predicted molar refractivity (Wildman–Crippen MR) is 82.8 cm³/mol. The topological polar surface area (TPSA) is 49.2 Å².